The van der Waals surface area contributed by atoms with Crippen LogP contribution in [0.15, 0.2) is 0 Å². The summed E-state index contributed by atoms with van der Waals surface area (Å²) >= 11 is 0. The third-order valence-corrected chi connectivity index (χ3v) is 1.47. The fraction of sp³-hybridized carbons (Fsp3) is 1.00. The molecule has 44 valence electrons. The van der Waals surface area contributed by atoms with E-state index in [1.807, 2.05) is 6.92 Å². The minimum atomic E-state index is -2.65. The third kappa shape index (κ3) is 6.16. The maximum Gasteiger partial charge on any atom is 0.233 e. The minimum Gasteiger partial charge on any atom is -0.291 e. The zero-order chi connectivity index (χ0) is 5.70. The maximum atomic E-state index is 11.4. The molecule has 0 aliphatic carbocycles. The van der Waals surface area contributed by atoms with Gasteiger partial charge in [0.25, 0.3) is 0 Å². The molecule has 3 heteroatoms. The molecule has 1 nitrogen and oxygen atoms in total. The Balaban J connectivity index is 2.82. The second kappa shape index (κ2) is 4.32. The fourth-order valence-electron chi connectivity index (χ4n) is 0.316. The second-order valence-electron chi connectivity index (χ2n) is 1.46. The lowest BCUT2D eigenvalue weighted by atomic mass is 10.4. The highest BCUT2D eigenvalue weighted by Crippen LogP contribution is 2.22. The van der Waals surface area contributed by atoms with Crippen LogP contribution < -0.4 is 0 Å². The molecule has 0 saturated heterocycles. The predicted molar refractivity (Wildman–Crippen MR) is 29.9 cm³/mol. The van der Waals surface area contributed by atoms with Crippen molar-refractivity contribution in [2.45, 2.75) is 19.8 Å². The predicted octanol–water partition coefficient (Wildman–Crippen LogP) is 2.23. The van der Waals surface area contributed by atoms with Crippen molar-refractivity contribution in [3.63, 3.8) is 0 Å². The van der Waals surface area contributed by atoms with Gasteiger partial charge in [0, 0.05) is 6.16 Å². The van der Waals surface area contributed by atoms with Gasteiger partial charge in [0.05, 0.1) is 0 Å². The topological polar surface area (TPSA) is 17.1 Å². The summed E-state index contributed by atoms with van der Waals surface area (Å²) in [5.74, 6) is 0. The fourth-order valence-corrected chi connectivity index (χ4v) is 0.947. The van der Waals surface area contributed by atoms with Crippen LogP contribution in [0.3, 0.4) is 0 Å². The lowest BCUT2D eigenvalue weighted by Gasteiger charge is -1.85. The van der Waals surface area contributed by atoms with Crippen molar-refractivity contribution in [3.8, 4) is 0 Å². The van der Waals surface area contributed by atoms with E-state index in [-0.39, 0.29) is 6.16 Å². The van der Waals surface area contributed by atoms with Crippen LogP contribution >= 0.6 is 8.11 Å². The Kier molecular flexibility index (Phi) is 4.42. The van der Waals surface area contributed by atoms with Crippen LogP contribution in [0.5, 0.6) is 0 Å². The minimum absolute atomic E-state index is 0.279. The molecule has 0 radical (unpaired) electrons. The first-order valence-electron chi connectivity index (χ1n) is 2.45. The zero-order valence-corrected chi connectivity index (χ0v) is 5.41. The van der Waals surface area contributed by atoms with Crippen molar-refractivity contribution < 1.29 is 8.76 Å². The molecule has 0 aromatic carbocycles. The van der Waals surface area contributed by atoms with Gasteiger partial charge in [0.1, 0.15) is 0 Å². The second-order valence-corrected chi connectivity index (χ2v) is 2.67. The normalized spacial score (nSPS) is 14.0. The first-order chi connectivity index (χ1) is 3.27. The standard InChI is InChI=1S/C4H10FOP/c1-2-3-4-7(5)6/h7H,2-4H2,1H3. The van der Waals surface area contributed by atoms with E-state index in [2.05, 4.69) is 0 Å². The average molecular weight is 124 g/mol. The van der Waals surface area contributed by atoms with Crippen LogP contribution in [0.4, 0.5) is 4.20 Å². The average Bonchev–Trinajstić information content (AvgIpc) is 1.61. The van der Waals surface area contributed by atoms with Gasteiger partial charge in [-0.25, -0.2) is 0 Å². The monoisotopic (exact) mass is 124 g/mol. The van der Waals surface area contributed by atoms with Crippen molar-refractivity contribution in [3.05, 3.63) is 0 Å². The highest BCUT2D eigenvalue weighted by Gasteiger charge is 1.89. The zero-order valence-electron chi connectivity index (χ0n) is 4.41. The van der Waals surface area contributed by atoms with E-state index in [1.165, 1.54) is 0 Å². The summed E-state index contributed by atoms with van der Waals surface area (Å²) in [6.07, 6.45) is 1.97. The Hall–Kier alpha value is 0.160. The van der Waals surface area contributed by atoms with Crippen molar-refractivity contribution in [2.24, 2.45) is 0 Å². The van der Waals surface area contributed by atoms with Gasteiger partial charge < -0.3 is 0 Å². The SMILES string of the molecule is CCCC[PH](=O)F. The lowest BCUT2D eigenvalue weighted by Crippen LogP contribution is -1.70. The van der Waals surface area contributed by atoms with Crippen molar-refractivity contribution >= 4 is 8.11 Å². The van der Waals surface area contributed by atoms with Crippen LogP contribution in [0, 0.1) is 0 Å². The maximum absolute atomic E-state index is 11.4. The van der Waals surface area contributed by atoms with Crippen LogP contribution in [0.2, 0.25) is 0 Å². The molecule has 0 fully saturated rings. The molecule has 7 heavy (non-hydrogen) atoms. The van der Waals surface area contributed by atoms with Gasteiger partial charge in [-0.15, -0.1) is 0 Å². The van der Waals surface area contributed by atoms with E-state index in [0.717, 1.165) is 12.8 Å². The Morgan fingerprint density at radius 3 is 2.43 bits per heavy atom. The summed E-state index contributed by atoms with van der Waals surface area (Å²) in [7, 11) is -2.65. The van der Waals surface area contributed by atoms with Crippen molar-refractivity contribution in [1.29, 1.82) is 0 Å². The van der Waals surface area contributed by atoms with E-state index < -0.39 is 8.11 Å². The van der Waals surface area contributed by atoms with E-state index in [1.54, 1.807) is 0 Å². The molecule has 0 aromatic rings. The number of halogens is 1. The van der Waals surface area contributed by atoms with Gasteiger partial charge in [-0.05, 0) is 6.42 Å². The molecule has 0 heterocycles. The summed E-state index contributed by atoms with van der Waals surface area (Å²) in [6.45, 7) is 1.95. The molecule has 0 aliphatic heterocycles. The molecule has 0 spiro atoms. The summed E-state index contributed by atoms with van der Waals surface area (Å²) in [5, 5.41) is 0. The molecule has 0 saturated carbocycles. The van der Waals surface area contributed by atoms with Crippen molar-refractivity contribution in [2.75, 3.05) is 6.16 Å². The van der Waals surface area contributed by atoms with Crippen LogP contribution in [-0.4, -0.2) is 6.16 Å². The third-order valence-electron chi connectivity index (χ3n) is 0.727. The van der Waals surface area contributed by atoms with Gasteiger partial charge in [-0.2, -0.15) is 4.20 Å². The van der Waals surface area contributed by atoms with Crippen LogP contribution in [0.1, 0.15) is 19.8 Å². The molecule has 0 N–H and O–H groups in total. The van der Waals surface area contributed by atoms with E-state index >= 15 is 0 Å². The van der Waals surface area contributed by atoms with E-state index in [0.29, 0.717) is 0 Å². The van der Waals surface area contributed by atoms with Crippen LogP contribution in [0.25, 0.3) is 0 Å². The smallest absolute Gasteiger partial charge is 0.233 e. The van der Waals surface area contributed by atoms with Gasteiger partial charge in [-0.1, -0.05) is 13.3 Å². The summed E-state index contributed by atoms with van der Waals surface area (Å²) < 4.78 is 21.2. The molecular weight excluding hydrogens is 114 g/mol. The molecule has 0 rings (SSSR count). The summed E-state index contributed by atoms with van der Waals surface area (Å²) in [4.78, 5) is 0. The molecule has 1 atom stereocenters. The molecule has 0 aromatic heterocycles. The number of hydrogen-bond donors (Lipinski definition) is 0. The first kappa shape index (κ1) is 7.16. The van der Waals surface area contributed by atoms with Gasteiger partial charge in [0.2, 0.25) is 8.11 Å². The van der Waals surface area contributed by atoms with Gasteiger partial charge in [0.15, 0.2) is 0 Å². The lowest BCUT2D eigenvalue weighted by molar-refractivity contribution is 0.557. The quantitative estimate of drug-likeness (QED) is 0.527. The first-order valence-corrected chi connectivity index (χ1v) is 3.95. The Morgan fingerprint density at radius 1 is 1.71 bits per heavy atom. The number of rotatable bonds is 3. The molecule has 1 unspecified atom stereocenters. The molecule has 0 bridgehead atoms. The Morgan fingerprint density at radius 2 is 2.29 bits per heavy atom. The summed E-state index contributed by atoms with van der Waals surface area (Å²) in [6, 6.07) is 0. The molecule has 0 aliphatic rings. The summed E-state index contributed by atoms with van der Waals surface area (Å²) in [5.41, 5.74) is 0. The van der Waals surface area contributed by atoms with Crippen LogP contribution in [-0.2, 0) is 4.57 Å². The van der Waals surface area contributed by atoms with E-state index in [9.17, 15) is 8.76 Å². The number of unbranched alkanes of at least 4 members (excludes halogenated alkanes) is 1. The largest absolute Gasteiger partial charge is 0.291 e. The Labute approximate surface area is 43.8 Å². The van der Waals surface area contributed by atoms with Crippen molar-refractivity contribution in [1.82, 2.24) is 0 Å². The Bertz CT molecular complexity index is 64.7. The van der Waals surface area contributed by atoms with E-state index in [4.69, 9.17) is 0 Å². The molecule has 0 amide bonds. The number of hydrogen-bond acceptors (Lipinski definition) is 1. The highest BCUT2D eigenvalue weighted by molar-refractivity contribution is 7.38. The van der Waals surface area contributed by atoms with Gasteiger partial charge in [-0.3, -0.25) is 4.57 Å². The molecular formula is C4H10FOP. The highest BCUT2D eigenvalue weighted by atomic mass is 31.1. The van der Waals surface area contributed by atoms with Gasteiger partial charge >= 0.3 is 0 Å².